The summed E-state index contributed by atoms with van der Waals surface area (Å²) in [5.41, 5.74) is 0. The van der Waals surface area contributed by atoms with Crippen molar-refractivity contribution in [3.05, 3.63) is 0 Å². The van der Waals surface area contributed by atoms with E-state index in [1.165, 1.54) is 4.90 Å². The molecule has 2 amide bonds. The maximum Gasteiger partial charge on any atom is 0.247 e. The van der Waals surface area contributed by atoms with Crippen LogP contribution in [0.2, 0.25) is 0 Å². The van der Waals surface area contributed by atoms with Crippen LogP contribution < -0.4 is 5.32 Å². The first-order chi connectivity index (χ1) is 8.13. The van der Waals surface area contributed by atoms with Gasteiger partial charge >= 0.3 is 0 Å². The van der Waals surface area contributed by atoms with Crippen molar-refractivity contribution in [2.75, 3.05) is 13.7 Å². The summed E-state index contributed by atoms with van der Waals surface area (Å²) in [6, 6.07) is 0.0573. The summed E-state index contributed by atoms with van der Waals surface area (Å²) < 4.78 is 4.99. The molecule has 5 heteroatoms. The van der Waals surface area contributed by atoms with Gasteiger partial charge in [0.05, 0.1) is 12.5 Å². The Bertz CT molecular complexity index is 315. The average Bonchev–Trinajstić information content (AvgIpc) is 3.06. The number of nitrogens with one attached hydrogen (secondary N) is 1. The Labute approximate surface area is 101 Å². The van der Waals surface area contributed by atoms with E-state index < -0.39 is 0 Å². The summed E-state index contributed by atoms with van der Waals surface area (Å²) in [6.45, 7) is 2.67. The Morgan fingerprint density at radius 3 is 2.76 bits per heavy atom. The number of methoxy groups -OCH3 is 1. The van der Waals surface area contributed by atoms with E-state index in [0.717, 1.165) is 19.3 Å². The van der Waals surface area contributed by atoms with Gasteiger partial charge in [0, 0.05) is 25.8 Å². The monoisotopic (exact) mass is 240 g/mol. The zero-order valence-electron chi connectivity index (χ0n) is 10.4. The van der Waals surface area contributed by atoms with Gasteiger partial charge in [-0.1, -0.05) is 0 Å². The molecule has 1 heterocycles. The van der Waals surface area contributed by atoms with Gasteiger partial charge in [0.25, 0.3) is 0 Å². The molecule has 1 N–H and O–H groups in total. The van der Waals surface area contributed by atoms with Crippen molar-refractivity contribution in [3.63, 3.8) is 0 Å². The van der Waals surface area contributed by atoms with Crippen molar-refractivity contribution in [1.82, 2.24) is 10.2 Å². The van der Waals surface area contributed by atoms with Crippen LogP contribution in [-0.2, 0) is 14.3 Å². The lowest BCUT2D eigenvalue weighted by Crippen LogP contribution is -2.43. The third-order valence-corrected chi connectivity index (χ3v) is 3.34. The number of carbonyl (C=O) groups excluding carboxylic acids is 2. The number of hydrogen-bond donors (Lipinski definition) is 1. The number of likely N-dealkylation sites (tertiary alicyclic amines) is 1. The van der Waals surface area contributed by atoms with Gasteiger partial charge < -0.3 is 10.1 Å². The first-order valence-electron chi connectivity index (χ1n) is 6.24. The van der Waals surface area contributed by atoms with Crippen molar-refractivity contribution in [2.24, 2.45) is 0 Å². The Balaban J connectivity index is 1.85. The molecule has 0 spiro atoms. The molecule has 2 atom stereocenters. The van der Waals surface area contributed by atoms with Crippen LogP contribution in [0.1, 0.15) is 32.6 Å². The number of imide groups is 1. The first-order valence-corrected chi connectivity index (χ1v) is 6.24. The van der Waals surface area contributed by atoms with Crippen LogP contribution in [0.5, 0.6) is 0 Å². The van der Waals surface area contributed by atoms with Gasteiger partial charge in [-0.3, -0.25) is 14.5 Å². The van der Waals surface area contributed by atoms with Gasteiger partial charge in [-0.25, -0.2) is 0 Å². The molecule has 2 aliphatic rings. The van der Waals surface area contributed by atoms with Crippen LogP contribution in [0.4, 0.5) is 0 Å². The second-order valence-corrected chi connectivity index (χ2v) is 4.94. The van der Waals surface area contributed by atoms with Crippen molar-refractivity contribution in [2.45, 2.75) is 50.7 Å². The van der Waals surface area contributed by atoms with Crippen molar-refractivity contribution in [3.8, 4) is 0 Å². The van der Waals surface area contributed by atoms with E-state index in [0.29, 0.717) is 13.0 Å². The minimum absolute atomic E-state index is 0.0195. The fourth-order valence-corrected chi connectivity index (χ4v) is 2.22. The van der Waals surface area contributed by atoms with Gasteiger partial charge in [0.1, 0.15) is 0 Å². The molecular formula is C12H20N2O3. The lowest BCUT2D eigenvalue weighted by Gasteiger charge is -2.18. The molecule has 1 aliphatic carbocycles. The highest BCUT2D eigenvalue weighted by atomic mass is 16.5. The zero-order chi connectivity index (χ0) is 12.4. The number of amides is 2. The van der Waals surface area contributed by atoms with Crippen molar-refractivity contribution in [1.29, 1.82) is 0 Å². The maximum absolute atomic E-state index is 12.0. The van der Waals surface area contributed by atoms with E-state index in [1.54, 1.807) is 7.11 Å². The SMILES string of the molecule is COCCC(C)NC1CC(=O)N(C2CC2)C1=O. The summed E-state index contributed by atoms with van der Waals surface area (Å²) in [4.78, 5) is 25.2. The fraction of sp³-hybridized carbons (Fsp3) is 0.833. The first kappa shape index (κ1) is 12.5. The fourth-order valence-electron chi connectivity index (χ4n) is 2.22. The molecule has 2 fully saturated rings. The molecule has 1 saturated carbocycles. The third-order valence-electron chi connectivity index (χ3n) is 3.34. The Kier molecular flexibility index (Phi) is 3.79. The molecule has 0 aromatic rings. The summed E-state index contributed by atoms with van der Waals surface area (Å²) in [5.74, 6) is -0.0595. The van der Waals surface area contributed by atoms with Crippen LogP contribution in [0.25, 0.3) is 0 Å². The van der Waals surface area contributed by atoms with Gasteiger partial charge in [0.2, 0.25) is 11.8 Å². The van der Waals surface area contributed by atoms with Crippen LogP contribution >= 0.6 is 0 Å². The molecule has 0 aromatic carbocycles. The minimum Gasteiger partial charge on any atom is -0.385 e. The molecule has 0 aromatic heterocycles. The number of carbonyl (C=O) groups is 2. The highest BCUT2D eigenvalue weighted by molar-refractivity contribution is 6.06. The number of hydrogen-bond acceptors (Lipinski definition) is 4. The smallest absolute Gasteiger partial charge is 0.247 e. The Hall–Kier alpha value is -0.940. The summed E-state index contributed by atoms with van der Waals surface area (Å²) in [7, 11) is 1.66. The molecule has 5 nitrogen and oxygen atoms in total. The minimum atomic E-state index is -0.324. The summed E-state index contributed by atoms with van der Waals surface area (Å²) in [5, 5.41) is 3.21. The highest BCUT2D eigenvalue weighted by Gasteiger charge is 2.46. The number of nitrogens with zero attached hydrogens (tertiary/aromatic N) is 1. The van der Waals surface area contributed by atoms with Gasteiger partial charge in [-0.2, -0.15) is 0 Å². The molecule has 96 valence electrons. The molecule has 2 rings (SSSR count). The van der Waals surface area contributed by atoms with E-state index in [2.05, 4.69) is 5.32 Å². The van der Waals surface area contributed by atoms with Crippen LogP contribution in [0.15, 0.2) is 0 Å². The molecule has 1 saturated heterocycles. The molecular weight excluding hydrogens is 220 g/mol. The molecule has 2 unspecified atom stereocenters. The van der Waals surface area contributed by atoms with Crippen molar-refractivity contribution >= 4 is 11.8 Å². The normalized spacial score (nSPS) is 26.7. The van der Waals surface area contributed by atoms with Gasteiger partial charge in [-0.05, 0) is 26.2 Å². The van der Waals surface area contributed by atoms with E-state index in [9.17, 15) is 9.59 Å². The van der Waals surface area contributed by atoms with Crippen LogP contribution in [0, 0.1) is 0 Å². The second-order valence-electron chi connectivity index (χ2n) is 4.94. The van der Waals surface area contributed by atoms with Crippen LogP contribution in [-0.4, -0.2) is 48.6 Å². The quantitative estimate of drug-likeness (QED) is 0.678. The standard InChI is InChI=1S/C12H20N2O3/c1-8(5-6-17-2)13-10-7-11(15)14(12(10)16)9-3-4-9/h8-10,13H,3-7H2,1-2H3. The van der Waals surface area contributed by atoms with Gasteiger partial charge in [0.15, 0.2) is 0 Å². The van der Waals surface area contributed by atoms with E-state index in [-0.39, 0.29) is 29.9 Å². The van der Waals surface area contributed by atoms with E-state index in [4.69, 9.17) is 4.74 Å². The van der Waals surface area contributed by atoms with Gasteiger partial charge in [-0.15, -0.1) is 0 Å². The summed E-state index contributed by atoms with van der Waals surface area (Å²) >= 11 is 0. The lowest BCUT2D eigenvalue weighted by atomic mass is 10.2. The molecule has 1 aliphatic heterocycles. The molecule has 17 heavy (non-hydrogen) atoms. The third kappa shape index (κ3) is 2.84. The zero-order valence-corrected chi connectivity index (χ0v) is 10.4. The van der Waals surface area contributed by atoms with Crippen LogP contribution in [0.3, 0.4) is 0 Å². The molecule has 0 bridgehead atoms. The largest absolute Gasteiger partial charge is 0.385 e. The number of ether oxygens (including phenoxy) is 1. The maximum atomic E-state index is 12.0. The average molecular weight is 240 g/mol. The van der Waals surface area contributed by atoms with Crippen molar-refractivity contribution < 1.29 is 14.3 Å². The Morgan fingerprint density at radius 2 is 2.18 bits per heavy atom. The predicted octanol–water partition coefficient (Wildman–Crippen LogP) is 0.291. The summed E-state index contributed by atoms with van der Waals surface area (Å²) in [6.07, 6.45) is 3.11. The molecule has 0 radical (unpaired) electrons. The van der Waals surface area contributed by atoms with E-state index >= 15 is 0 Å². The topological polar surface area (TPSA) is 58.6 Å². The second kappa shape index (κ2) is 5.14. The Morgan fingerprint density at radius 1 is 1.47 bits per heavy atom. The van der Waals surface area contributed by atoms with E-state index in [1.807, 2.05) is 6.92 Å². The lowest BCUT2D eigenvalue weighted by molar-refractivity contribution is -0.139. The predicted molar refractivity (Wildman–Crippen MR) is 62.4 cm³/mol. The number of rotatable bonds is 6. The highest BCUT2D eigenvalue weighted by Crippen LogP contribution is 2.31.